The molecule has 0 saturated heterocycles. The van der Waals surface area contributed by atoms with Crippen molar-refractivity contribution >= 4 is 5.91 Å². The number of aromatic amines is 1. The average Bonchev–Trinajstić information content (AvgIpc) is 2.96. The van der Waals surface area contributed by atoms with Crippen molar-refractivity contribution in [3.8, 4) is 11.8 Å². The Morgan fingerprint density at radius 2 is 2.35 bits per heavy atom. The zero-order valence-corrected chi connectivity index (χ0v) is 10.2. The number of nitrogens with one attached hydrogen (secondary N) is 2. The second-order valence-corrected chi connectivity index (χ2v) is 3.67. The van der Waals surface area contributed by atoms with E-state index in [0.717, 1.165) is 6.07 Å². The molecule has 7 nitrogen and oxygen atoms in total. The van der Waals surface area contributed by atoms with Gasteiger partial charge in [-0.05, 0) is 18.2 Å². The van der Waals surface area contributed by atoms with Crippen molar-refractivity contribution in [2.45, 2.75) is 6.54 Å². The smallest absolute Gasteiger partial charge is 0.251 e. The number of benzene rings is 1. The van der Waals surface area contributed by atoms with Crippen LogP contribution in [0.3, 0.4) is 0 Å². The average molecular weight is 275 g/mol. The minimum atomic E-state index is -0.627. The number of carbonyl (C=O) groups is 1. The predicted octanol–water partition coefficient (Wildman–Crippen LogP) is -0.387. The standard InChI is InChI=1S/C12H10FN5O2/c13-10-6-9(4-3-8(10)2-1-5-19)12(20)14-7-11-15-17-18-16-11/h3-4,6,19H,5,7H2,(H,14,20)(H,15,16,17,18). The van der Waals surface area contributed by atoms with Gasteiger partial charge >= 0.3 is 0 Å². The van der Waals surface area contributed by atoms with E-state index < -0.39 is 11.7 Å². The Hall–Kier alpha value is -2.79. The van der Waals surface area contributed by atoms with Gasteiger partial charge in [0.2, 0.25) is 0 Å². The summed E-state index contributed by atoms with van der Waals surface area (Å²) in [4.78, 5) is 11.8. The number of hydrogen-bond acceptors (Lipinski definition) is 5. The monoisotopic (exact) mass is 275 g/mol. The third-order valence-corrected chi connectivity index (χ3v) is 2.33. The van der Waals surface area contributed by atoms with Crippen molar-refractivity contribution in [3.05, 3.63) is 41.0 Å². The molecule has 0 unspecified atom stereocenters. The van der Waals surface area contributed by atoms with Crippen LogP contribution in [0.25, 0.3) is 0 Å². The quantitative estimate of drug-likeness (QED) is 0.662. The molecule has 0 aliphatic rings. The zero-order valence-electron chi connectivity index (χ0n) is 10.2. The van der Waals surface area contributed by atoms with E-state index in [9.17, 15) is 9.18 Å². The summed E-state index contributed by atoms with van der Waals surface area (Å²) >= 11 is 0. The minimum Gasteiger partial charge on any atom is -0.384 e. The van der Waals surface area contributed by atoms with Gasteiger partial charge < -0.3 is 10.4 Å². The number of aromatic nitrogens is 4. The molecule has 102 valence electrons. The van der Waals surface area contributed by atoms with Crippen molar-refractivity contribution in [2.75, 3.05) is 6.61 Å². The second-order valence-electron chi connectivity index (χ2n) is 3.67. The summed E-state index contributed by atoms with van der Waals surface area (Å²) in [6.45, 7) is -0.268. The fourth-order valence-corrected chi connectivity index (χ4v) is 1.41. The topological polar surface area (TPSA) is 104 Å². The number of rotatable bonds is 3. The van der Waals surface area contributed by atoms with E-state index >= 15 is 0 Å². The van der Waals surface area contributed by atoms with Gasteiger partial charge in [0.1, 0.15) is 12.4 Å². The van der Waals surface area contributed by atoms with Crippen LogP contribution in [-0.2, 0) is 6.54 Å². The van der Waals surface area contributed by atoms with Crippen molar-refractivity contribution in [2.24, 2.45) is 0 Å². The number of H-pyrrole nitrogens is 1. The van der Waals surface area contributed by atoms with Gasteiger partial charge in [0.25, 0.3) is 5.91 Å². The Kier molecular flexibility index (Phi) is 4.36. The van der Waals surface area contributed by atoms with Crippen LogP contribution in [0, 0.1) is 17.7 Å². The molecule has 20 heavy (non-hydrogen) atoms. The lowest BCUT2D eigenvalue weighted by Gasteiger charge is -2.03. The van der Waals surface area contributed by atoms with Crippen molar-refractivity contribution in [1.29, 1.82) is 0 Å². The van der Waals surface area contributed by atoms with Crippen LogP contribution < -0.4 is 5.32 Å². The number of halogens is 1. The van der Waals surface area contributed by atoms with Gasteiger partial charge in [-0.2, -0.15) is 5.21 Å². The molecule has 0 radical (unpaired) electrons. The van der Waals surface area contributed by atoms with Gasteiger partial charge in [-0.15, -0.1) is 10.2 Å². The Bertz CT molecular complexity index is 660. The molecule has 3 N–H and O–H groups in total. The van der Waals surface area contributed by atoms with Gasteiger partial charge in [-0.25, -0.2) is 4.39 Å². The summed E-state index contributed by atoms with van der Waals surface area (Å²) < 4.78 is 13.6. The van der Waals surface area contributed by atoms with Gasteiger partial charge in [0.15, 0.2) is 5.82 Å². The molecular formula is C12H10FN5O2. The fourth-order valence-electron chi connectivity index (χ4n) is 1.41. The van der Waals surface area contributed by atoms with Crippen LogP contribution in [-0.4, -0.2) is 38.2 Å². The zero-order chi connectivity index (χ0) is 14.4. The second kappa shape index (κ2) is 6.40. The number of aliphatic hydroxyl groups is 1. The number of nitrogens with zero attached hydrogens (tertiary/aromatic N) is 3. The van der Waals surface area contributed by atoms with E-state index in [0.29, 0.717) is 5.82 Å². The third kappa shape index (κ3) is 3.37. The molecule has 0 atom stereocenters. The van der Waals surface area contributed by atoms with Gasteiger partial charge in [0, 0.05) is 5.56 Å². The Morgan fingerprint density at radius 1 is 1.50 bits per heavy atom. The van der Waals surface area contributed by atoms with Crippen molar-refractivity contribution in [3.63, 3.8) is 0 Å². The first kappa shape index (κ1) is 13.6. The van der Waals surface area contributed by atoms with E-state index in [-0.39, 0.29) is 24.3 Å². The summed E-state index contributed by atoms with van der Waals surface area (Å²) in [5.74, 6) is 4.01. The van der Waals surface area contributed by atoms with Crippen LogP contribution in [0.4, 0.5) is 4.39 Å². The largest absolute Gasteiger partial charge is 0.384 e. The lowest BCUT2D eigenvalue weighted by atomic mass is 10.1. The van der Waals surface area contributed by atoms with Crippen LogP contribution >= 0.6 is 0 Å². The van der Waals surface area contributed by atoms with Crippen LogP contribution in [0.15, 0.2) is 18.2 Å². The molecule has 0 aliphatic carbocycles. The number of hydrogen-bond donors (Lipinski definition) is 3. The maximum atomic E-state index is 13.6. The third-order valence-electron chi connectivity index (χ3n) is 2.33. The summed E-state index contributed by atoms with van der Waals surface area (Å²) in [5, 5.41) is 24.0. The molecule has 1 aromatic heterocycles. The first-order valence-corrected chi connectivity index (χ1v) is 5.60. The molecule has 2 rings (SSSR count). The molecule has 2 aromatic rings. The molecule has 8 heteroatoms. The molecule has 0 spiro atoms. The van der Waals surface area contributed by atoms with Crippen LogP contribution in [0.2, 0.25) is 0 Å². The number of amides is 1. The van der Waals surface area contributed by atoms with E-state index in [1.807, 2.05) is 0 Å². The Morgan fingerprint density at radius 3 is 3.00 bits per heavy atom. The van der Waals surface area contributed by atoms with E-state index in [1.165, 1.54) is 12.1 Å². The maximum Gasteiger partial charge on any atom is 0.251 e. The first-order valence-electron chi connectivity index (χ1n) is 5.60. The number of tetrazole rings is 1. The highest BCUT2D eigenvalue weighted by Gasteiger charge is 2.09. The van der Waals surface area contributed by atoms with Gasteiger partial charge in [-0.1, -0.05) is 17.1 Å². The van der Waals surface area contributed by atoms with Crippen LogP contribution in [0.5, 0.6) is 0 Å². The predicted molar refractivity (Wildman–Crippen MR) is 65.7 cm³/mol. The Labute approximate surface area is 113 Å². The first-order chi connectivity index (χ1) is 9.70. The fraction of sp³-hybridized carbons (Fsp3) is 0.167. The number of aliphatic hydroxyl groups excluding tert-OH is 1. The molecule has 0 bridgehead atoms. The summed E-state index contributed by atoms with van der Waals surface area (Å²) in [5.41, 5.74) is 0.273. The maximum absolute atomic E-state index is 13.6. The van der Waals surface area contributed by atoms with E-state index in [4.69, 9.17) is 5.11 Å². The molecule has 1 aromatic carbocycles. The Balaban J connectivity index is 2.05. The number of carbonyl (C=O) groups excluding carboxylic acids is 1. The van der Waals surface area contributed by atoms with Gasteiger partial charge in [-0.3, -0.25) is 4.79 Å². The lowest BCUT2D eigenvalue weighted by molar-refractivity contribution is 0.0949. The molecular weight excluding hydrogens is 265 g/mol. The highest BCUT2D eigenvalue weighted by molar-refractivity contribution is 5.94. The van der Waals surface area contributed by atoms with Crippen molar-refractivity contribution < 1.29 is 14.3 Å². The normalized spacial score (nSPS) is 9.70. The highest BCUT2D eigenvalue weighted by Crippen LogP contribution is 2.09. The molecule has 0 saturated carbocycles. The van der Waals surface area contributed by atoms with Crippen molar-refractivity contribution in [1.82, 2.24) is 25.9 Å². The van der Waals surface area contributed by atoms with E-state index in [2.05, 4.69) is 37.8 Å². The van der Waals surface area contributed by atoms with Gasteiger partial charge in [0.05, 0.1) is 12.1 Å². The highest BCUT2D eigenvalue weighted by atomic mass is 19.1. The van der Waals surface area contributed by atoms with E-state index in [1.54, 1.807) is 0 Å². The summed E-state index contributed by atoms with van der Waals surface area (Å²) in [7, 11) is 0. The van der Waals surface area contributed by atoms with Crippen LogP contribution in [0.1, 0.15) is 21.7 Å². The molecule has 0 fully saturated rings. The molecule has 0 aliphatic heterocycles. The summed E-state index contributed by atoms with van der Waals surface area (Å²) in [6.07, 6.45) is 0. The lowest BCUT2D eigenvalue weighted by Crippen LogP contribution is -2.23. The minimum absolute atomic E-state index is 0.0863. The molecule has 1 amide bonds. The molecule has 1 heterocycles. The summed E-state index contributed by atoms with van der Waals surface area (Å²) in [6, 6.07) is 3.89. The SMILES string of the molecule is O=C(NCc1nn[nH]n1)c1ccc(C#CCO)c(F)c1.